The Morgan fingerprint density at radius 1 is 1.04 bits per heavy atom. The van der Waals surface area contributed by atoms with Crippen molar-refractivity contribution in [1.82, 2.24) is 4.57 Å². The zero-order valence-corrected chi connectivity index (χ0v) is 28.9. The summed E-state index contributed by atoms with van der Waals surface area (Å²) in [6.45, 7) is 2.28. The van der Waals surface area contributed by atoms with E-state index in [2.05, 4.69) is 15.9 Å². The van der Waals surface area contributed by atoms with E-state index in [4.69, 9.17) is 26.1 Å². The molecule has 1 aliphatic rings. The molecule has 0 N–H and O–H groups in total. The molecule has 4 aromatic carbocycles. The van der Waals surface area contributed by atoms with E-state index in [9.17, 15) is 9.59 Å². The van der Waals surface area contributed by atoms with Gasteiger partial charge in [0.1, 0.15) is 12.4 Å². The topological polar surface area (TPSA) is 69.9 Å². The summed E-state index contributed by atoms with van der Waals surface area (Å²) in [6, 6.07) is 29.9. The van der Waals surface area contributed by atoms with Gasteiger partial charge < -0.3 is 9.47 Å². The highest BCUT2D eigenvalue weighted by Crippen LogP contribution is 2.36. The lowest BCUT2D eigenvalue weighted by Crippen LogP contribution is -2.40. The van der Waals surface area contributed by atoms with E-state index >= 15 is 0 Å². The molecule has 0 aliphatic carbocycles. The van der Waals surface area contributed by atoms with Crippen molar-refractivity contribution in [1.29, 1.82) is 0 Å². The van der Waals surface area contributed by atoms with Gasteiger partial charge in [-0.15, -0.1) is 11.8 Å². The highest BCUT2D eigenvalue weighted by Gasteiger charge is 2.35. The Bertz CT molecular complexity index is 2130. The van der Waals surface area contributed by atoms with Crippen molar-refractivity contribution < 1.29 is 14.3 Å². The Morgan fingerprint density at radius 3 is 2.48 bits per heavy atom. The zero-order chi connectivity index (χ0) is 32.2. The number of carbonyl (C=O) groups excluding carboxylic acids is 1. The molecule has 0 saturated heterocycles. The van der Waals surface area contributed by atoms with E-state index in [1.165, 1.54) is 11.3 Å². The smallest absolute Gasteiger partial charge is 0.338 e. The molecule has 5 aromatic rings. The van der Waals surface area contributed by atoms with Crippen molar-refractivity contribution in [2.24, 2.45) is 4.99 Å². The fraction of sp³-hybridized carbons (Fsp3) is 0.139. The number of fused-ring (bicyclic) bond motifs is 1. The van der Waals surface area contributed by atoms with Crippen LogP contribution in [-0.4, -0.2) is 23.4 Å². The van der Waals surface area contributed by atoms with Crippen molar-refractivity contribution >= 4 is 68.4 Å². The Hall–Kier alpha value is -3.89. The first-order valence-corrected chi connectivity index (χ1v) is 17.7. The van der Waals surface area contributed by atoms with Crippen LogP contribution < -0.4 is 19.6 Å². The van der Waals surface area contributed by atoms with Crippen molar-refractivity contribution in [2.45, 2.75) is 24.5 Å². The summed E-state index contributed by atoms with van der Waals surface area (Å²) < 4.78 is 14.4. The molecule has 0 radical (unpaired) electrons. The summed E-state index contributed by atoms with van der Waals surface area (Å²) in [5, 5.41) is 0.644. The summed E-state index contributed by atoms with van der Waals surface area (Å²) in [5.74, 6) is 0.147. The lowest BCUT2D eigenvalue weighted by molar-refractivity contribution is -0.138. The molecule has 2 heterocycles. The van der Waals surface area contributed by atoms with Crippen LogP contribution in [0, 0.1) is 0 Å². The van der Waals surface area contributed by atoms with Gasteiger partial charge in [0.05, 0.1) is 32.9 Å². The van der Waals surface area contributed by atoms with E-state index in [0.717, 1.165) is 31.6 Å². The van der Waals surface area contributed by atoms with Gasteiger partial charge in [-0.3, -0.25) is 9.36 Å². The number of ether oxygens (including phenoxy) is 2. The number of rotatable bonds is 9. The van der Waals surface area contributed by atoms with E-state index in [1.54, 1.807) is 23.3 Å². The van der Waals surface area contributed by atoms with Crippen molar-refractivity contribution in [2.75, 3.05) is 12.9 Å². The molecule has 1 aromatic heterocycles. The number of benzene rings is 4. The predicted octanol–water partition coefficient (Wildman–Crippen LogP) is 7.65. The Labute approximate surface area is 287 Å². The zero-order valence-electron chi connectivity index (χ0n) is 24.9. The molecule has 6 nitrogen and oxygen atoms in total. The summed E-state index contributed by atoms with van der Waals surface area (Å²) in [7, 11) is 0. The summed E-state index contributed by atoms with van der Waals surface area (Å²) in [6.07, 6.45) is 3.84. The van der Waals surface area contributed by atoms with Gasteiger partial charge in [0, 0.05) is 21.0 Å². The molecular formula is C36H28BrClN2O4S2. The minimum atomic E-state index is -0.726. The van der Waals surface area contributed by atoms with Crippen LogP contribution in [0.3, 0.4) is 0 Å². The Kier molecular flexibility index (Phi) is 9.94. The van der Waals surface area contributed by atoms with Gasteiger partial charge in [0.25, 0.3) is 5.56 Å². The summed E-state index contributed by atoms with van der Waals surface area (Å²) in [5.41, 5.74) is 3.82. The van der Waals surface area contributed by atoms with Crippen LogP contribution in [0.1, 0.15) is 35.2 Å². The minimum absolute atomic E-state index is 0.194. The van der Waals surface area contributed by atoms with Gasteiger partial charge in [-0.1, -0.05) is 89.7 Å². The molecule has 0 amide bonds. The molecule has 0 unspecified atom stereocenters. The van der Waals surface area contributed by atoms with Crippen molar-refractivity contribution in [3.8, 4) is 5.75 Å². The van der Waals surface area contributed by atoms with E-state index in [1.807, 2.05) is 109 Å². The fourth-order valence-corrected chi connectivity index (χ4v) is 7.30. The van der Waals surface area contributed by atoms with Crippen LogP contribution in [0.4, 0.5) is 0 Å². The third-order valence-electron chi connectivity index (χ3n) is 7.40. The molecule has 232 valence electrons. The first-order valence-electron chi connectivity index (χ1n) is 14.5. The molecule has 10 heteroatoms. The SMILES string of the molecule is CCOC(=O)C1=C(c2ccccc2)N=c2s/c(=C\c3ccc(OCc4ccccc4Cl)c(Br)c3)c(=O)n2[C@H]1c1ccc(SC)cc1. The number of esters is 1. The maximum Gasteiger partial charge on any atom is 0.338 e. The third-order valence-corrected chi connectivity index (χ3v) is 10.1. The minimum Gasteiger partial charge on any atom is -0.488 e. The second kappa shape index (κ2) is 14.3. The number of hydrogen-bond acceptors (Lipinski definition) is 7. The van der Waals surface area contributed by atoms with E-state index in [0.29, 0.717) is 38.0 Å². The summed E-state index contributed by atoms with van der Waals surface area (Å²) >= 11 is 12.8. The number of thiazole rings is 1. The second-order valence-electron chi connectivity index (χ2n) is 10.3. The van der Waals surface area contributed by atoms with Gasteiger partial charge in [-0.25, -0.2) is 9.79 Å². The Balaban J connectivity index is 1.46. The Morgan fingerprint density at radius 2 is 1.78 bits per heavy atom. The maximum absolute atomic E-state index is 14.2. The van der Waals surface area contributed by atoms with Crippen LogP contribution in [0.5, 0.6) is 5.75 Å². The lowest BCUT2D eigenvalue weighted by atomic mass is 9.93. The molecule has 0 bridgehead atoms. The average Bonchev–Trinajstić information content (AvgIpc) is 3.38. The van der Waals surface area contributed by atoms with Gasteiger partial charge in [-0.2, -0.15) is 0 Å². The summed E-state index contributed by atoms with van der Waals surface area (Å²) in [4.78, 5) is 34.3. The maximum atomic E-state index is 14.2. The number of halogens is 2. The van der Waals surface area contributed by atoms with Gasteiger partial charge in [0.15, 0.2) is 4.80 Å². The molecule has 46 heavy (non-hydrogen) atoms. The van der Waals surface area contributed by atoms with E-state index < -0.39 is 12.0 Å². The quantitative estimate of drug-likeness (QED) is 0.115. The van der Waals surface area contributed by atoms with Crippen LogP contribution in [-0.2, 0) is 16.1 Å². The molecular weight excluding hydrogens is 704 g/mol. The normalized spacial score (nSPS) is 14.5. The van der Waals surface area contributed by atoms with Gasteiger partial charge >= 0.3 is 5.97 Å². The molecule has 1 aliphatic heterocycles. The first kappa shape index (κ1) is 32.1. The van der Waals surface area contributed by atoms with Gasteiger partial charge in [0.2, 0.25) is 0 Å². The van der Waals surface area contributed by atoms with Crippen molar-refractivity contribution in [3.63, 3.8) is 0 Å². The highest BCUT2D eigenvalue weighted by atomic mass is 79.9. The monoisotopic (exact) mass is 730 g/mol. The second-order valence-corrected chi connectivity index (χ2v) is 13.4. The first-order chi connectivity index (χ1) is 22.4. The number of nitrogens with zero attached hydrogens (tertiary/aromatic N) is 2. The highest BCUT2D eigenvalue weighted by molar-refractivity contribution is 9.10. The molecule has 1 atom stereocenters. The average molecular weight is 732 g/mol. The molecule has 0 saturated carbocycles. The lowest BCUT2D eigenvalue weighted by Gasteiger charge is -2.26. The number of hydrogen-bond donors (Lipinski definition) is 0. The van der Waals surface area contributed by atoms with Crippen LogP contribution in [0.25, 0.3) is 11.8 Å². The van der Waals surface area contributed by atoms with Crippen LogP contribution in [0.15, 0.2) is 122 Å². The van der Waals surface area contributed by atoms with Crippen LogP contribution >= 0.6 is 50.6 Å². The fourth-order valence-electron chi connectivity index (χ4n) is 5.19. The number of thioether (sulfide) groups is 1. The van der Waals surface area contributed by atoms with Crippen LogP contribution in [0.2, 0.25) is 5.02 Å². The largest absolute Gasteiger partial charge is 0.488 e. The predicted molar refractivity (Wildman–Crippen MR) is 189 cm³/mol. The third kappa shape index (κ3) is 6.64. The number of carbonyl (C=O) groups is 1. The molecule has 6 rings (SSSR count). The van der Waals surface area contributed by atoms with E-state index in [-0.39, 0.29) is 12.2 Å². The molecule has 0 fully saturated rings. The van der Waals surface area contributed by atoms with Crippen molar-refractivity contribution in [3.05, 3.63) is 154 Å². The standard InChI is InChI=1S/C36H28BrClN2O4S2/c1-3-43-35(42)31-32(23-9-5-4-6-10-23)39-36-40(33(31)24-14-16-26(45-2)17-15-24)34(41)30(46-36)20-22-13-18-29(27(37)19-22)44-21-25-11-7-8-12-28(25)38/h4-20,33H,3,21H2,1-2H3/b30-20-/t33-/m0/s1. The molecule has 0 spiro atoms. The number of aromatic nitrogens is 1. The van der Waals surface area contributed by atoms with Gasteiger partial charge in [-0.05, 0) is 76.6 Å².